The van der Waals surface area contributed by atoms with Gasteiger partial charge in [0.15, 0.2) is 0 Å². The lowest BCUT2D eigenvalue weighted by atomic mass is 10.0. The van der Waals surface area contributed by atoms with Crippen LogP contribution >= 0.6 is 11.6 Å². The second-order valence-electron chi connectivity index (χ2n) is 4.58. The number of hydrogen-bond acceptors (Lipinski definition) is 2. The molecular formula is C13H18ClNO2. The molecule has 0 aliphatic carbocycles. The number of rotatable bonds is 6. The zero-order valence-corrected chi connectivity index (χ0v) is 11.0. The molecular weight excluding hydrogens is 238 g/mol. The maximum atomic E-state index is 10.5. The van der Waals surface area contributed by atoms with Crippen molar-refractivity contribution in [1.82, 2.24) is 0 Å². The number of nitrogens with zero attached hydrogens (tertiary/aromatic N) is 1. The smallest absolute Gasteiger partial charge is 0.258 e. The molecule has 0 fully saturated rings. The van der Waals surface area contributed by atoms with Gasteiger partial charge in [0, 0.05) is 17.5 Å². The molecule has 1 unspecified atom stereocenters. The van der Waals surface area contributed by atoms with Gasteiger partial charge in [0.2, 0.25) is 0 Å². The Labute approximate surface area is 107 Å². The van der Waals surface area contributed by atoms with E-state index in [9.17, 15) is 10.1 Å². The van der Waals surface area contributed by atoms with Crippen LogP contribution < -0.4 is 0 Å². The van der Waals surface area contributed by atoms with Gasteiger partial charge in [-0.3, -0.25) is 10.1 Å². The van der Waals surface area contributed by atoms with Crippen LogP contribution in [0.15, 0.2) is 24.3 Å². The van der Waals surface area contributed by atoms with E-state index in [1.165, 1.54) is 0 Å². The lowest BCUT2D eigenvalue weighted by Gasteiger charge is -2.12. The molecule has 0 aromatic heterocycles. The van der Waals surface area contributed by atoms with Gasteiger partial charge in [-0.25, -0.2) is 0 Å². The molecule has 0 saturated heterocycles. The van der Waals surface area contributed by atoms with E-state index >= 15 is 0 Å². The highest BCUT2D eigenvalue weighted by Crippen LogP contribution is 2.18. The second kappa shape index (κ2) is 6.60. The molecule has 1 aromatic rings. The van der Waals surface area contributed by atoms with E-state index in [1.54, 1.807) is 12.1 Å². The molecule has 0 radical (unpaired) electrons. The lowest BCUT2D eigenvalue weighted by Crippen LogP contribution is -2.07. The Morgan fingerprint density at radius 2 is 1.88 bits per heavy atom. The predicted molar refractivity (Wildman–Crippen MR) is 70.5 cm³/mol. The number of benzene rings is 1. The molecule has 0 bridgehead atoms. The highest BCUT2D eigenvalue weighted by atomic mass is 35.5. The van der Waals surface area contributed by atoms with Crippen LogP contribution in [-0.2, 0) is 6.42 Å². The van der Waals surface area contributed by atoms with Gasteiger partial charge in [-0.15, -0.1) is 11.6 Å². The largest absolute Gasteiger partial charge is 0.269 e. The zero-order chi connectivity index (χ0) is 12.8. The fourth-order valence-corrected chi connectivity index (χ4v) is 1.77. The summed E-state index contributed by atoms with van der Waals surface area (Å²) in [5.74, 6) is 0.494. The van der Waals surface area contributed by atoms with Gasteiger partial charge < -0.3 is 0 Å². The molecule has 1 atom stereocenters. The summed E-state index contributed by atoms with van der Waals surface area (Å²) in [6.45, 7) is 4.23. The number of hydrogen-bond donors (Lipinski definition) is 0. The summed E-state index contributed by atoms with van der Waals surface area (Å²) >= 11 is 6.16. The molecule has 0 spiro atoms. The Hall–Kier alpha value is -1.09. The van der Waals surface area contributed by atoms with Crippen LogP contribution in [0.25, 0.3) is 0 Å². The molecule has 0 N–H and O–H groups in total. The van der Waals surface area contributed by atoms with Crippen molar-refractivity contribution >= 4 is 17.3 Å². The Morgan fingerprint density at radius 3 is 2.35 bits per heavy atom. The van der Waals surface area contributed by atoms with Crippen LogP contribution in [0.3, 0.4) is 0 Å². The standard InChI is InChI=1S/C13H18ClNO2/c1-10(2)13(14)5-3-4-11-6-8-12(9-7-11)15(16)17/h6-10,13H,3-5H2,1-2H3. The summed E-state index contributed by atoms with van der Waals surface area (Å²) < 4.78 is 0. The first-order valence-electron chi connectivity index (χ1n) is 5.88. The number of non-ortho nitro benzene ring substituents is 1. The molecule has 0 saturated carbocycles. The van der Waals surface area contributed by atoms with Gasteiger partial charge in [0.05, 0.1) is 4.92 Å². The minimum atomic E-state index is -0.378. The van der Waals surface area contributed by atoms with E-state index < -0.39 is 0 Å². The maximum absolute atomic E-state index is 10.5. The van der Waals surface area contributed by atoms with Crippen LogP contribution in [0.5, 0.6) is 0 Å². The summed E-state index contributed by atoms with van der Waals surface area (Å²) in [5.41, 5.74) is 1.27. The van der Waals surface area contributed by atoms with E-state index in [0.29, 0.717) is 5.92 Å². The maximum Gasteiger partial charge on any atom is 0.269 e. The summed E-state index contributed by atoms with van der Waals surface area (Å²) in [6, 6.07) is 6.74. The van der Waals surface area contributed by atoms with Gasteiger partial charge in [-0.2, -0.15) is 0 Å². The van der Waals surface area contributed by atoms with E-state index in [2.05, 4.69) is 13.8 Å². The van der Waals surface area contributed by atoms with Crippen LogP contribution in [-0.4, -0.2) is 10.3 Å². The Balaban J connectivity index is 2.40. The highest BCUT2D eigenvalue weighted by molar-refractivity contribution is 6.20. The van der Waals surface area contributed by atoms with E-state index in [4.69, 9.17) is 11.6 Å². The summed E-state index contributed by atoms with van der Waals surface area (Å²) in [6.07, 6.45) is 2.92. The molecule has 1 rings (SSSR count). The topological polar surface area (TPSA) is 43.1 Å². The SMILES string of the molecule is CC(C)C(Cl)CCCc1ccc([N+](=O)[O-])cc1. The van der Waals surface area contributed by atoms with Crippen molar-refractivity contribution in [2.45, 2.75) is 38.5 Å². The molecule has 3 nitrogen and oxygen atoms in total. The van der Waals surface area contributed by atoms with Crippen molar-refractivity contribution in [2.24, 2.45) is 5.92 Å². The first-order chi connectivity index (χ1) is 8.00. The highest BCUT2D eigenvalue weighted by Gasteiger charge is 2.09. The van der Waals surface area contributed by atoms with Crippen molar-refractivity contribution in [3.05, 3.63) is 39.9 Å². The Bertz CT molecular complexity index is 362. The number of alkyl halides is 1. The Morgan fingerprint density at radius 1 is 1.29 bits per heavy atom. The van der Waals surface area contributed by atoms with Crippen LogP contribution in [0, 0.1) is 16.0 Å². The fourth-order valence-electron chi connectivity index (χ4n) is 1.62. The number of aryl methyl sites for hydroxylation is 1. The normalized spacial score (nSPS) is 12.7. The third kappa shape index (κ3) is 4.73. The zero-order valence-electron chi connectivity index (χ0n) is 10.2. The van der Waals surface area contributed by atoms with Crippen LogP contribution in [0.2, 0.25) is 0 Å². The molecule has 0 aliphatic rings. The quantitative estimate of drug-likeness (QED) is 0.435. The number of nitro benzene ring substituents is 1. The van der Waals surface area contributed by atoms with Crippen molar-refractivity contribution in [2.75, 3.05) is 0 Å². The third-order valence-corrected chi connectivity index (χ3v) is 3.54. The molecule has 17 heavy (non-hydrogen) atoms. The third-order valence-electron chi connectivity index (χ3n) is 2.82. The first kappa shape index (κ1) is 14.0. The van der Waals surface area contributed by atoms with E-state index in [1.807, 2.05) is 12.1 Å². The van der Waals surface area contributed by atoms with Crippen molar-refractivity contribution in [3.63, 3.8) is 0 Å². The molecule has 0 heterocycles. The predicted octanol–water partition coefficient (Wildman–Crippen LogP) is 4.18. The minimum Gasteiger partial charge on any atom is -0.258 e. The average molecular weight is 256 g/mol. The molecule has 4 heteroatoms. The summed E-state index contributed by atoms with van der Waals surface area (Å²) in [5, 5.41) is 10.7. The fraction of sp³-hybridized carbons (Fsp3) is 0.538. The van der Waals surface area contributed by atoms with E-state index in [-0.39, 0.29) is 16.0 Å². The summed E-state index contributed by atoms with van der Waals surface area (Å²) in [4.78, 5) is 10.1. The van der Waals surface area contributed by atoms with Gasteiger partial charge in [-0.05, 0) is 30.7 Å². The monoisotopic (exact) mass is 255 g/mol. The number of halogens is 1. The average Bonchev–Trinajstić information content (AvgIpc) is 2.29. The molecule has 94 valence electrons. The van der Waals surface area contributed by atoms with Gasteiger partial charge in [0.1, 0.15) is 0 Å². The van der Waals surface area contributed by atoms with Crippen molar-refractivity contribution in [3.8, 4) is 0 Å². The van der Waals surface area contributed by atoms with E-state index in [0.717, 1.165) is 24.8 Å². The van der Waals surface area contributed by atoms with Crippen LogP contribution in [0.4, 0.5) is 5.69 Å². The van der Waals surface area contributed by atoms with Crippen molar-refractivity contribution in [1.29, 1.82) is 0 Å². The summed E-state index contributed by atoms with van der Waals surface area (Å²) in [7, 11) is 0. The molecule has 0 amide bonds. The van der Waals surface area contributed by atoms with Gasteiger partial charge in [0.25, 0.3) is 5.69 Å². The first-order valence-corrected chi connectivity index (χ1v) is 6.31. The number of nitro groups is 1. The lowest BCUT2D eigenvalue weighted by molar-refractivity contribution is -0.384. The van der Waals surface area contributed by atoms with Crippen molar-refractivity contribution < 1.29 is 4.92 Å². The minimum absolute atomic E-state index is 0.145. The molecule has 0 aliphatic heterocycles. The van der Waals surface area contributed by atoms with Crippen LogP contribution in [0.1, 0.15) is 32.3 Å². The second-order valence-corrected chi connectivity index (χ2v) is 5.14. The van der Waals surface area contributed by atoms with Gasteiger partial charge >= 0.3 is 0 Å². The Kier molecular flexibility index (Phi) is 5.42. The molecule has 1 aromatic carbocycles. The van der Waals surface area contributed by atoms with Gasteiger partial charge in [-0.1, -0.05) is 26.0 Å².